The lowest BCUT2D eigenvalue weighted by molar-refractivity contribution is 0.195. The largest absolute Gasteiger partial charge is 0.454 e. The second-order valence-corrected chi connectivity index (χ2v) is 28.1. The molecule has 6 heteroatoms. The zero-order valence-electron chi connectivity index (χ0n) is 47.7. The molecule has 0 saturated heterocycles. The maximum Gasteiger partial charge on any atom is 0.252 e. The molecule has 1 fully saturated rings. The van der Waals surface area contributed by atoms with Crippen molar-refractivity contribution in [2.75, 3.05) is 14.7 Å². The summed E-state index contributed by atoms with van der Waals surface area (Å²) in [6.45, 7) is 22.0. The van der Waals surface area contributed by atoms with Crippen molar-refractivity contribution in [3.63, 3.8) is 0 Å². The van der Waals surface area contributed by atoms with Gasteiger partial charge in [0.25, 0.3) is 6.71 Å². The number of hydrogen-bond acceptors (Lipinski definition) is 5. The summed E-state index contributed by atoms with van der Waals surface area (Å²) in [6.07, 6.45) is 6.97. The molecule has 0 amide bonds. The van der Waals surface area contributed by atoms with Crippen LogP contribution in [-0.4, -0.2) is 12.3 Å². The Balaban J connectivity index is 1.11. The Bertz CT molecular complexity index is 4440. The van der Waals surface area contributed by atoms with Gasteiger partial charge in [-0.3, -0.25) is 0 Å². The number of hydrogen-bond donors (Lipinski definition) is 0. The molecule has 9 aromatic carbocycles. The van der Waals surface area contributed by atoms with Crippen LogP contribution in [0.15, 0.2) is 180 Å². The first-order chi connectivity index (χ1) is 38.5. The molecule has 4 nitrogen and oxygen atoms in total. The topological polar surface area (TPSA) is 22.9 Å². The van der Waals surface area contributed by atoms with Crippen molar-refractivity contribution in [2.24, 2.45) is 0 Å². The molecule has 11 aromatic rings. The van der Waals surface area contributed by atoms with Gasteiger partial charge in [0.1, 0.15) is 5.58 Å². The van der Waals surface area contributed by atoms with E-state index in [9.17, 15) is 0 Å². The molecule has 394 valence electrons. The molecule has 3 aliphatic heterocycles. The van der Waals surface area contributed by atoms with Gasteiger partial charge in [-0.2, -0.15) is 0 Å². The molecule has 2 aliphatic carbocycles. The van der Waals surface area contributed by atoms with Crippen LogP contribution < -0.4 is 31.1 Å². The number of thiophene rings is 1. The Labute approximate surface area is 475 Å². The molecule has 1 saturated carbocycles. The van der Waals surface area contributed by atoms with E-state index in [1.807, 2.05) is 11.3 Å². The molecule has 2 aromatic heterocycles. The molecule has 2 unspecified atom stereocenters. The van der Waals surface area contributed by atoms with Crippen molar-refractivity contribution >= 4 is 122 Å². The number of rotatable bonds is 4. The highest BCUT2D eigenvalue weighted by Crippen LogP contribution is 2.63. The van der Waals surface area contributed by atoms with Gasteiger partial charge in [-0.05, 0) is 154 Å². The predicted octanol–water partition coefficient (Wildman–Crippen LogP) is 19.1. The summed E-state index contributed by atoms with van der Waals surface area (Å²) in [5.74, 6) is 0. The second-order valence-electron chi connectivity index (χ2n) is 27.0. The van der Waals surface area contributed by atoms with E-state index in [2.05, 4.69) is 253 Å². The normalized spacial score (nSPS) is 20.5. The molecule has 0 N–H and O–H groups in total. The fourth-order valence-corrected chi connectivity index (χ4v) is 17.2. The van der Waals surface area contributed by atoms with Gasteiger partial charge in [0.05, 0.1) is 22.6 Å². The van der Waals surface area contributed by atoms with E-state index < -0.39 is 0 Å². The number of nitrogens with zero attached hydrogens (tertiary/aromatic N) is 3. The molecule has 2 atom stereocenters. The fraction of sp³-hybridized carbons (Fsp3) is 0.270. The molecule has 5 heterocycles. The van der Waals surface area contributed by atoms with E-state index in [-0.39, 0.29) is 33.9 Å². The number of fused-ring (bicyclic) bond motifs is 15. The average Bonchev–Trinajstić information content (AvgIpc) is 2.22. The van der Waals surface area contributed by atoms with E-state index in [4.69, 9.17) is 4.42 Å². The quantitative estimate of drug-likeness (QED) is 0.164. The van der Waals surface area contributed by atoms with E-state index in [0.717, 1.165) is 59.0 Å². The highest BCUT2D eigenvalue weighted by Gasteiger charge is 2.58. The third-order valence-corrected chi connectivity index (χ3v) is 21.7. The minimum atomic E-state index is -0.183. The molecule has 80 heavy (non-hydrogen) atoms. The lowest BCUT2D eigenvalue weighted by Gasteiger charge is -2.51. The molecule has 16 rings (SSSR count). The average molecular weight is 1060 g/mol. The number of benzene rings is 9. The lowest BCUT2D eigenvalue weighted by atomic mass is 9.33. The van der Waals surface area contributed by atoms with Crippen LogP contribution in [0.1, 0.15) is 123 Å². The molecule has 0 spiro atoms. The highest BCUT2D eigenvalue weighted by molar-refractivity contribution is 7.26. The second kappa shape index (κ2) is 16.5. The minimum absolute atomic E-state index is 0.0158. The van der Waals surface area contributed by atoms with Crippen LogP contribution in [0.3, 0.4) is 0 Å². The summed E-state index contributed by atoms with van der Waals surface area (Å²) >= 11 is 1.91. The van der Waals surface area contributed by atoms with Crippen LogP contribution in [0.4, 0.5) is 45.5 Å². The monoisotopic (exact) mass is 1060 g/mol. The Morgan fingerprint density at radius 3 is 1.98 bits per heavy atom. The smallest absolute Gasteiger partial charge is 0.252 e. The van der Waals surface area contributed by atoms with Gasteiger partial charge in [0, 0.05) is 70.4 Å². The maximum atomic E-state index is 7.41. The van der Waals surface area contributed by atoms with Crippen LogP contribution in [0.5, 0.6) is 0 Å². The number of furan rings is 1. The molecule has 0 bridgehead atoms. The van der Waals surface area contributed by atoms with E-state index in [1.54, 1.807) is 0 Å². The van der Waals surface area contributed by atoms with Gasteiger partial charge in [-0.15, -0.1) is 11.3 Å². The van der Waals surface area contributed by atoms with Gasteiger partial charge in [-0.1, -0.05) is 183 Å². The van der Waals surface area contributed by atoms with Crippen molar-refractivity contribution in [1.82, 2.24) is 0 Å². The zero-order chi connectivity index (χ0) is 54.4. The summed E-state index contributed by atoms with van der Waals surface area (Å²) in [6, 6.07) is 68.2. The Morgan fingerprint density at radius 2 is 1.18 bits per heavy atom. The van der Waals surface area contributed by atoms with Crippen molar-refractivity contribution in [3.05, 3.63) is 198 Å². The van der Waals surface area contributed by atoms with Gasteiger partial charge in [-0.25, -0.2) is 0 Å². The van der Waals surface area contributed by atoms with E-state index in [0.29, 0.717) is 0 Å². The summed E-state index contributed by atoms with van der Waals surface area (Å²) in [7, 11) is 0. The van der Waals surface area contributed by atoms with Gasteiger partial charge >= 0.3 is 0 Å². The van der Waals surface area contributed by atoms with Gasteiger partial charge in [0.15, 0.2) is 5.58 Å². The third-order valence-electron chi connectivity index (χ3n) is 20.6. The Hall–Kier alpha value is -7.54. The molecular formula is C74H68BN3OS. The van der Waals surface area contributed by atoms with Crippen LogP contribution in [0.2, 0.25) is 0 Å². The number of para-hydroxylation sites is 2. The molecular weight excluding hydrogens is 990 g/mol. The summed E-state index contributed by atoms with van der Waals surface area (Å²) in [5.41, 5.74) is 23.3. The van der Waals surface area contributed by atoms with E-state index >= 15 is 0 Å². The predicted molar refractivity (Wildman–Crippen MR) is 343 cm³/mol. The van der Waals surface area contributed by atoms with Gasteiger partial charge < -0.3 is 19.1 Å². The van der Waals surface area contributed by atoms with E-state index in [1.165, 1.54) is 117 Å². The molecule has 0 radical (unpaired) electrons. The van der Waals surface area contributed by atoms with Crippen molar-refractivity contribution in [3.8, 4) is 11.1 Å². The maximum absolute atomic E-state index is 7.41. The third kappa shape index (κ3) is 6.51. The SMILES string of the molecule is CC(C)(C)c1ccc(N2c3cc(N4c5ccccc5C5(C)CCCCC45C)cc4c3B(c3cc5c(cc3N4c3cccc4sc6ccccc6c34)C(C)(C)CCC5(C)C)c3ccc4c(oc5ccccc54)c32)c(-c2ccccc2)c1. The summed E-state index contributed by atoms with van der Waals surface area (Å²) in [5, 5.41) is 4.89. The summed E-state index contributed by atoms with van der Waals surface area (Å²) in [4.78, 5) is 8.24. The first-order valence-electron chi connectivity index (χ1n) is 29.5. The van der Waals surface area contributed by atoms with Crippen LogP contribution in [0, 0.1) is 0 Å². The fourth-order valence-electron chi connectivity index (χ4n) is 16.0. The van der Waals surface area contributed by atoms with Crippen LogP contribution >= 0.6 is 11.3 Å². The Kier molecular flexibility index (Phi) is 10.0. The first kappa shape index (κ1) is 48.4. The Morgan fingerprint density at radius 1 is 0.500 bits per heavy atom. The lowest BCUT2D eigenvalue weighted by Crippen LogP contribution is -2.62. The van der Waals surface area contributed by atoms with Crippen molar-refractivity contribution < 1.29 is 4.42 Å². The van der Waals surface area contributed by atoms with Crippen molar-refractivity contribution in [1.29, 1.82) is 0 Å². The molecule has 5 aliphatic rings. The zero-order valence-corrected chi connectivity index (χ0v) is 48.5. The standard InChI is InChI=1S/C74H68BN3OS/c1-70(2,3)46-32-35-57(51(40-46)45-22-11-10-12-23-45)77-62-42-47(78-58-27-16-15-26-52(58)73(8)36-19-20-37-74(73,78)9)41-61-67(62)75(55-34-33-49-48-24-13-17-29-63(48)79-69(49)68(55)77)56-43-53-54(72(6,7)39-38-71(53,4)5)44-60(56)76(61)59-28-21-31-65-66(59)50-25-14-18-30-64(50)80-65/h10-18,21-35,40-44H,19-20,36-39H2,1-9H3. The van der Waals surface area contributed by atoms with Crippen LogP contribution in [0.25, 0.3) is 53.2 Å². The highest BCUT2D eigenvalue weighted by atomic mass is 32.1. The van der Waals surface area contributed by atoms with Crippen molar-refractivity contribution in [2.45, 2.75) is 128 Å². The van der Waals surface area contributed by atoms with Crippen LogP contribution in [-0.2, 0) is 21.7 Å². The first-order valence-corrected chi connectivity index (χ1v) is 30.3. The summed E-state index contributed by atoms with van der Waals surface area (Å²) < 4.78 is 10.0. The minimum Gasteiger partial charge on any atom is -0.454 e. The van der Waals surface area contributed by atoms with Gasteiger partial charge in [0.2, 0.25) is 0 Å². The number of anilines is 8.